The molecule has 0 amide bonds. The smallest absolute Gasteiger partial charge is 0.420 e. The van der Waals surface area contributed by atoms with Gasteiger partial charge in [0.15, 0.2) is 0 Å². The minimum atomic E-state index is -4.03. The molecule has 3 rings (SSSR count). The highest BCUT2D eigenvalue weighted by Crippen LogP contribution is 2.28. The summed E-state index contributed by atoms with van der Waals surface area (Å²) in [6.07, 6.45) is 1.23. The quantitative estimate of drug-likeness (QED) is 0.449. The number of aryl methyl sites for hydroxylation is 1. The number of hydrogen-bond donors (Lipinski definition) is 1. The molecule has 0 fully saturated rings. The number of aromatic nitrogens is 2. The summed E-state index contributed by atoms with van der Waals surface area (Å²) >= 11 is 11.9. The normalized spacial score (nSPS) is 11.2. The van der Waals surface area contributed by atoms with Crippen molar-refractivity contribution in [1.29, 1.82) is 0 Å². The molecule has 1 aromatic carbocycles. The van der Waals surface area contributed by atoms with Gasteiger partial charge in [-0.25, -0.2) is 18.2 Å². The van der Waals surface area contributed by atoms with E-state index in [1.807, 2.05) is 0 Å². The van der Waals surface area contributed by atoms with Crippen LogP contribution in [0.1, 0.15) is 5.56 Å². The summed E-state index contributed by atoms with van der Waals surface area (Å²) in [5.74, 6) is -0.996. The van der Waals surface area contributed by atoms with Crippen molar-refractivity contribution in [2.24, 2.45) is 0 Å². The van der Waals surface area contributed by atoms with Crippen molar-refractivity contribution in [2.75, 3.05) is 11.8 Å². The number of anilines is 1. The Morgan fingerprint density at radius 1 is 1.17 bits per heavy atom. The highest BCUT2D eigenvalue weighted by molar-refractivity contribution is 7.92. The maximum absolute atomic E-state index is 14.2. The van der Waals surface area contributed by atoms with E-state index in [1.54, 1.807) is 6.92 Å². The number of rotatable bonds is 6. The molecular formula is C18H15Cl2FN3O4S+. The average molecular weight is 459 g/mol. The van der Waals surface area contributed by atoms with Crippen LogP contribution >= 0.6 is 23.2 Å². The third kappa shape index (κ3) is 4.69. The predicted octanol–water partition coefficient (Wildman–Crippen LogP) is 3.77. The van der Waals surface area contributed by atoms with E-state index >= 15 is 0 Å². The van der Waals surface area contributed by atoms with E-state index in [0.29, 0.717) is 10.6 Å². The minimum Gasteiger partial charge on any atom is -0.444 e. The first-order valence-corrected chi connectivity index (χ1v) is 10.3. The lowest BCUT2D eigenvalue weighted by Crippen LogP contribution is -2.45. The highest BCUT2D eigenvalue weighted by atomic mass is 35.5. The Morgan fingerprint density at radius 2 is 1.93 bits per heavy atom. The van der Waals surface area contributed by atoms with Crippen LogP contribution in [-0.4, -0.2) is 20.5 Å². The maximum Gasteiger partial charge on any atom is 0.420 e. The molecule has 0 saturated heterocycles. The van der Waals surface area contributed by atoms with Crippen LogP contribution in [-0.2, 0) is 10.0 Å². The van der Waals surface area contributed by atoms with Gasteiger partial charge in [-0.1, -0.05) is 23.2 Å². The topological polar surface area (TPSA) is 81.4 Å². The van der Waals surface area contributed by atoms with Gasteiger partial charge < -0.3 is 4.74 Å². The first-order valence-electron chi connectivity index (χ1n) is 8.08. The van der Waals surface area contributed by atoms with Crippen LogP contribution in [0.25, 0.3) is 0 Å². The second-order valence-electron chi connectivity index (χ2n) is 5.80. The summed E-state index contributed by atoms with van der Waals surface area (Å²) in [5, 5.41) is 0.577. The lowest BCUT2D eigenvalue weighted by Gasteiger charge is -2.11. The molecule has 3 aromatic rings. The first-order chi connectivity index (χ1) is 13.7. The van der Waals surface area contributed by atoms with Gasteiger partial charge in [-0.15, -0.1) is 4.39 Å². The number of hydrogen-bond acceptors (Lipinski definition) is 5. The van der Waals surface area contributed by atoms with Crippen molar-refractivity contribution in [3.05, 3.63) is 70.2 Å². The van der Waals surface area contributed by atoms with E-state index in [9.17, 15) is 12.8 Å². The Morgan fingerprint density at radius 3 is 2.62 bits per heavy atom. The molecule has 0 atom stereocenters. The number of nitrogens with one attached hydrogen (secondary N) is 1. The van der Waals surface area contributed by atoms with E-state index < -0.39 is 16.0 Å². The molecule has 0 unspecified atom stereocenters. The van der Waals surface area contributed by atoms with Crippen molar-refractivity contribution in [3.8, 4) is 11.8 Å². The minimum absolute atomic E-state index is 0.0264. The van der Waals surface area contributed by atoms with Crippen LogP contribution in [0.15, 0.2) is 53.6 Å². The Kier molecular flexibility index (Phi) is 6.11. The molecule has 11 heteroatoms. The van der Waals surface area contributed by atoms with Gasteiger partial charge in [0.25, 0.3) is 10.0 Å². The fraction of sp³-hybridized carbons (Fsp3) is 0.111. The lowest BCUT2D eigenvalue weighted by atomic mass is 10.2. The van der Waals surface area contributed by atoms with Crippen molar-refractivity contribution < 1.29 is 27.1 Å². The van der Waals surface area contributed by atoms with Crippen LogP contribution in [0, 0.1) is 12.9 Å². The zero-order valence-corrected chi connectivity index (χ0v) is 17.5. The molecule has 7 nitrogen and oxygen atoms in total. The SMILES string of the molecule is COc1cccc(F)[n+]1Oc1ncc(Cl)cc1NS(=O)(=O)c1ccc(Cl)c(C)c1. The summed E-state index contributed by atoms with van der Waals surface area (Å²) in [6, 6.07) is 9.55. The van der Waals surface area contributed by atoms with Crippen LogP contribution in [0.5, 0.6) is 11.8 Å². The number of benzene rings is 1. The number of sulfonamides is 1. The number of methoxy groups -OCH3 is 1. The van der Waals surface area contributed by atoms with E-state index in [-0.39, 0.29) is 27.4 Å². The fourth-order valence-corrected chi connectivity index (χ4v) is 3.75. The predicted molar refractivity (Wildman–Crippen MR) is 105 cm³/mol. The van der Waals surface area contributed by atoms with E-state index in [4.69, 9.17) is 32.8 Å². The van der Waals surface area contributed by atoms with Gasteiger partial charge in [-0.3, -0.25) is 4.72 Å². The Hall–Kier alpha value is -2.62. The standard InChI is InChI=1S/C18H15Cl2FN3O4S/c1-11-8-13(6-7-14(11)20)29(25,26)23-15-9-12(19)10-22-18(15)28-24-16(21)4-3-5-17(24)27-2/h3-10,23H,1-2H3/q+1. The zero-order chi connectivity index (χ0) is 21.2. The molecule has 0 saturated carbocycles. The molecule has 0 spiro atoms. The summed E-state index contributed by atoms with van der Waals surface area (Å²) in [7, 11) is -2.70. The molecule has 1 N–H and O–H groups in total. The van der Waals surface area contributed by atoms with Crippen LogP contribution in [0.3, 0.4) is 0 Å². The summed E-state index contributed by atoms with van der Waals surface area (Å²) < 4.78 is 47.9. The summed E-state index contributed by atoms with van der Waals surface area (Å²) in [4.78, 5) is 9.37. The molecule has 2 heterocycles. The number of halogens is 3. The fourth-order valence-electron chi connectivity index (χ4n) is 2.34. The Bertz CT molecular complexity index is 1180. The van der Waals surface area contributed by atoms with Gasteiger partial charge in [0.2, 0.25) is 0 Å². The van der Waals surface area contributed by atoms with Gasteiger partial charge in [0, 0.05) is 17.3 Å². The number of nitrogens with zero attached hydrogens (tertiary/aromatic N) is 2. The van der Waals surface area contributed by atoms with Crippen LogP contribution in [0.4, 0.5) is 10.1 Å². The lowest BCUT2D eigenvalue weighted by molar-refractivity contribution is -0.896. The van der Waals surface area contributed by atoms with Crippen molar-refractivity contribution >= 4 is 38.9 Å². The third-order valence-electron chi connectivity index (χ3n) is 3.76. The third-order valence-corrected chi connectivity index (χ3v) is 5.75. The average Bonchev–Trinajstić information content (AvgIpc) is 2.67. The second-order valence-corrected chi connectivity index (χ2v) is 8.33. The molecule has 29 heavy (non-hydrogen) atoms. The second kappa shape index (κ2) is 8.40. The van der Waals surface area contributed by atoms with Gasteiger partial charge >= 0.3 is 17.7 Å². The van der Waals surface area contributed by atoms with Crippen molar-refractivity contribution in [1.82, 2.24) is 4.98 Å². The summed E-state index contributed by atoms with van der Waals surface area (Å²) in [6.45, 7) is 1.68. The number of pyridine rings is 2. The molecule has 0 radical (unpaired) electrons. The Labute approximate surface area is 176 Å². The number of ether oxygens (including phenoxy) is 1. The summed E-state index contributed by atoms with van der Waals surface area (Å²) in [5.41, 5.74) is 0.491. The highest BCUT2D eigenvalue weighted by Gasteiger charge is 2.26. The molecule has 0 bridgehead atoms. The molecule has 152 valence electrons. The maximum atomic E-state index is 14.2. The van der Waals surface area contributed by atoms with E-state index in [0.717, 1.165) is 10.8 Å². The van der Waals surface area contributed by atoms with Gasteiger partial charge in [-0.2, -0.15) is 0 Å². The monoisotopic (exact) mass is 458 g/mol. The van der Waals surface area contributed by atoms with Gasteiger partial charge in [-0.05, 0) is 42.8 Å². The largest absolute Gasteiger partial charge is 0.444 e. The van der Waals surface area contributed by atoms with Crippen molar-refractivity contribution in [3.63, 3.8) is 0 Å². The molecule has 0 aliphatic heterocycles. The first kappa shape index (κ1) is 21.1. The van der Waals surface area contributed by atoms with E-state index in [2.05, 4.69) is 9.71 Å². The molecule has 0 aliphatic carbocycles. The molecule has 2 aromatic heterocycles. The molecule has 0 aliphatic rings. The van der Waals surface area contributed by atoms with Gasteiger partial charge in [0.1, 0.15) is 5.69 Å². The zero-order valence-electron chi connectivity index (χ0n) is 15.2. The van der Waals surface area contributed by atoms with Gasteiger partial charge in [0.05, 0.1) is 27.8 Å². The Balaban J connectivity index is 2.01. The van der Waals surface area contributed by atoms with Crippen LogP contribution in [0.2, 0.25) is 10.0 Å². The van der Waals surface area contributed by atoms with Crippen molar-refractivity contribution in [2.45, 2.75) is 11.8 Å². The molecular weight excluding hydrogens is 444 g/mol. The van der Waals surface area contributed by atoms with E-state index in [1.165, 1.54) is 49.7 Å². The van der Waals surface area contributed by atoms with Crippen LogP contribution < -0.4 is 19.0 Å².